The summed E-state index contributed by atoms with van der Waals surface area (Å²) in [6.45, 7) is 3.47. The smallest absolute Gasteiger partial charge is 0.242 e. The van der Waals surface area contributed by atoms with Crippen LogP contribution >= 0.6 is 0 Å². The summed E-state index contributed by atoms with van der Waals surface area (Å²) in [6.07, 6.45) is 4.77. The number of hydrogen-bond acceptors (Lipinski definition) is 2. The Balaban J connectivity index is 1.87. The lowest BCUT2D eigenvalue weighted by atomic mass is 10.1. The normalized spacial score (nSPS) is 20.3. The van der Waals surface area contributed by atoms with Gasteiger partial charge >= 0.3 is 0 Å². The largest absolute Gasteiger partial charge is 0.376 e. The number of benzene rings is 1. The van der Waals surface area contributed by atoms with E-state index in [2.05, 4.69) is 12.2 Å². The number of amides is 1. The quantitative estimate of drug-likeness (QED) is 0.889. The molecule has 1 atom stereocenters. The Labute approximate surface area is 109 Å². The molecule has 0 spiro atoms. The molecule has 1 aliphatic rings. The van der Waals surface area contributed by atoms with E-state index in [1.807, 2.05) is 35.2 Å². The van der Waals surface area contributed by atoms with Gasteiger partial charge in [-0.05, 0) is 31.9 Å². The van der Waals surface area contributed by atoms with Gasteiger partial charge in [-0.3, -0.25) is 4.79 Å². The topological polar surface area (TPSA) is 32.3 Å². The van der Waals surface area contributed by atoms with Crippen LogP contribution in [0.1, 0.15) is 32.6 Å². The maximum Gasteiger partial charge on any atom is 0.242 e. The molecule has 0 saturated carbocycles. The highest BCUT2D eigenvalue weighted by atomic mass is 16.2. The molecule has 2 rings (SSSR count). The second kappa shape index (κ2) is 6.43. The minimum Gasteiger partial charge on any atom is -0.376 e. The molecule has 0 radical (unpaired) electrons. The molecule has 0 bridgehead atoms. The van der Waals surface area contributed by atoms with Crippen LogP contribution < -0.4 is 5.32 Å². The van der Waals surface area contributed by atoms with Crippen molar-refractivity contribution in [3.8, 4) is 0 Å². The highest BCUT2D eigenvalue weighted by molar-refractivity contribution is 5.81. The van der Waals surface area contributed by atoms with E-state index in [0.717, 1.165) is 25.1 Å². The average molecular weight is 246 g/mol. The number of likely N-dealkylation sites (tertiary alicyclic amines) is 1. The van der Waals surface area contributed by atoms with Crippen LogP contribution in [0.2, 0.25) is 0 Å². The Morgan fingerprint density at radius 1 is 1.28 bits per heavy atom. The summed E-state index contributed by atoms with van der Waals surface area (Å²) < 4.78 is 0. The number of rotatable bonds is 3. The molecule has 0 aliphatic carbocycles. The molecule has 1 unspecified atom stereocenters. The van der Waals surface area contributed by atoms with E-state index >= 15 is 0 Å². The molecular weight excluding hydrogens is 224 g/mol. The molecular formula is C15H22N2O. The zero-order chi connectivity index (χ0) is 12.8. The lowest BCUT2D eigenvalue weighted by Crippen LogP contribution is -2.41. The first-order valence-electron chi connectivity index (χ1n) is 6.86. The van der Waals surface area contributed by atoms with Crippen LogP contribution in [-0.4, -0.2) is 29.9 Å². The third kappa shape index (κ3) is 3.49. The molecule has 18 heavy (non-hydrogen) atoms. The Kier molecular flexibility index (Phi) is 4.62. The van der Waals surface area contributed by atoms with Crippen LogP contribution in [0.25, 0.3) is 0 Å². The fraction of sp³-hybridized carbons (Fsp3) is 0.533. The van der Waals surface area contributed by atoms with Crippen molar-refractivity contribution in [1.29, 1.82) is 0 Å². The third-order valence-electron chi connectivity index (χ3n) is 3.59. The van der Waals surface area contributed by atoms with Crippen LogP contribution in [0.15, 0.2) is 30.3 Å². The Morgan fingerprint density at radius 2 is 2.06 bits per heavy atom. The molecule has 1 aromatic rings. The van der Waals surface area contributed by atoms with Crippen molar-refractivity contribution in [2.45, 2.75) is 38.6 Å². The van der Waals surface area contributed by atoms with Gasteiger partial charge in [-0.2, -0.15) is 0 Å². The van der Waals surface area contributed by atoms with Gasteiger partial charge in [0, 0.05) is 18.3 Å². The number of hydrogen-bond donors (Lipinski definition) is 1. The van der Waals surface area contributed by atoms with E-state index in [1.165, 1.54) is 12.8 Å². The van der Waals surface area contributed by atoms with Crippen LogP contribution in [0.3, 0.4) is 0 Å². The number of carbonyl (C=O) groups excluding carboxylic acids is 1. The van der Waals surface area contributed by atoms with Gasteiger partial charge in [0.15, 0.2) is 0 Å². The lowest BCUT2D eigenvalue weighted by Gasteiger charge is -2.27. The molecule has 3 nitrogen and oxygen atoms in total. The summed E-state index contributed by atoms with van der Waals surface area (Å²) in [7, 11) is 0. The molecule has 3 heteroatoms. The summed E-state index contributed by atoms with van der Waals surface area (Å²) in [5.74, 6) is 0.216. The second-order valence-corrected chi connectivity index (χ2v) is 5.01. The van der Waals surface area contributed by atoms with Crippen molar-refractivity contribution in [1.82, 2.24) is 4.90 Å². The van der Waals surface area contributed by atoms with E-state index in [9.17, 15) is 4.79 Å². The Bertz CT molecular complexity index is 377. The molecule has 1 aromatic carbocycles. The maximum atomic E-state index is 12.2. The standard InChI is InChI=1S/C15H22N2O/c1-13-8-4-3-7-11-17(13)15(18)12-16-14-9-5-2-6-10-14/h2,5-6,9-10,13,16H,3-4,7-8,11-12H2,1H3. The third-order valence-corrected chi connectivity index (χ3v) is 3.59. The summed E-state index contributed by atoms with van der Waals surface area (Å²) in [6, 6.07) is 10.3. The summed E-state index contributed by atoms with van der Waals surface area (Å²) in [4.78, 5) is 14.2. The fourth-order valence-corrected chi connectivity index (χ4v) is 2.48. The van der Waals surface area contributed by atoms with E-state index in [1.54, 1.807) is 0 Å². The van der Waals surface area contributed by atoms with E-state index in [-0.39, 0.29) is 5.91 Å². The van der Waals surface area contributed by atoms with E-state index < -0.39 is 0 Å². The SMILES string of the molecule is CC1CCCCCN1C(=O)CNc1ccccc1. The molecule has 1 saturated heterocycles. The first kappa shape index (κ1) is 12.9. The molecule has 0 aromatic heterocycles. The predicted octanol–water partition coefficient (Wildman–Crippen LogP) is 2.89. The van der Waals surface area contributed by atoms with Gasteiger partial charge in [0.25, 0.3) is 0 Å². The van der Waals surface area contributed by atoms with Gasteiger partial charge in [-0.25, -0.2) is 0 Å². The Hall–Kier alpha value is -1.51. The van der Waals surface area contributed by atoms with Crippen molar-refractivity contribution in [3.63, 3.8) is 0 Å². The van der Waals surface area contributed by atoms with Crippen molar-refractivity contribution in [2.75, 3.05) is 18.4 Å². The summed E-state index contributed by atoms with van der Waals surface area (Å²) in [5.41, 5.74) is 1.01. The average Bonchev–Trinajstić information content (AvgIpc) is 2.62. The number of para-hydroxylation sites is 1. The number of carbonyl (C=O) groups is 1. The molecule has 98 valence electrons. The summed E-state index contributed by atoms with van der Waals surface area (Å²) >= 11 is 0. The van der Waals surface area contributed by atoms with Crippen molar-refractivity contribution < 1.29 is 4.79 Å². The minimum atomic E-state index is 0.216. The van der Waals surface area contributed by atoms with Crippen LogP contribution in [0.4, 0.5) is 5.69 Å². The van der Waals surface area contributed by atoms with Crippen LogP contribution in [-0.2, 0) is 4.79 Å². The molecule has 1 amide bonds. The van der Waals surface area contributed by atoms with Crippen molar-refractivity contribution >= 4 is 11.6 Å². The molecule has 1 fully saturated rings. The van der Waals surface area contributed by atoms with Gasteiger partial charge < -0.3 is 10.2 Å². The zero-order valence-electron chi connectivity index (χ0n) is 11.1. The number of nitrogens with one attached hydrogen (secondary N) is 1. The monoisotopic (exact) mass is 246 g/mol. The molecule has 1 N–H and O–H groups in total. The van der Waals surface area contributed by atoms with E-state index in [4.69, 9.17) is 0 Å². The summed E-state index contributed by atoms with van der Waals surface area (Å²) in [5, 5.41) is 3.19. The van der Waals surface area contributed by atoms with E-state index in [0.29, 0.717) is 12.6 Å². The van der Waals surface area contributed by atoms with Gasteiger partial charge in [-0.15, -0.1) is 0 Å². The van der Waals surface area contributed by atoms with Crippen LogP contribution in [0, 0.1) is 0 Å². The number of anilines is 1. The molecule has 1 aliphatic heterocycles. The number of nitrogens with zero attached hydrogens (tertiary/aromatic N) is 1. The zero-order valence-corrected chi connectivity index (χ0v) is 11.1. The van der Waals surface area contributed by atoms with Crippen molar-refractivity contribution in [2.24, 2.45) is 0 Å². The first-order valence-corrected chi connectivity index (χ1v) is 6.86. The van der Waals surface area contributed by atoms with Gasteiger partial charge in [0.1, 0.15) is 0 Å². The Morgan fingerprint density at radius 3 is 2.83 bits per heavy atom. The maximum absolute atomic E-state index is 12.2. The van der Waals surface area contributed by atoms with Gasteiger partial charge in [0.2, 0.25) is 5.91 Å². The van der Waals surface area contributed by atoms with Gasteiger partial charge in [0.05, 0.1) is 6.54 Å². The van der Waals surface area contributed by atoms with Gasteiger partial charge in [-0.1, -0.05) is 31.0 Å². The minimum absolute atomic E-state index is 0.216. The predicted molar refractivity (Wildman–Crippen MR) is 74.6 cm³/mol. The van der Waals surface area contributed by atoms with Crippen LogP contribution in [0.5, 0.6) is 0 Å². The highest BCUT2D eigenvalue weighted by Gasteiger charge is 2.21. The fourth-order valence-electron chi connectivity index (χ4n) is 2.48. The van der Waals surface area contributed by atoms with Crippen molar-refractivity contribution in [3.05, 3.63) is 30.3 Å². The lowest BCUT2D eigenvalue weighted by molar-refractivity contribution is -0.131. The second-order valence-electron chi connectivity index (χ2n) is 5.01. The molecule has 1 heterocycles. The first-order chi connectivity index (χ1) is 8.77. The highest BCUT2D eigenvalue weighted by Crippen LogP contribution is 2.16.